The van der Waals surface area contributed by atoms with Crippen molar-refractivity contribution >= 4 is 87.3 Å². The van der Waals surface area contributed by atoms with E-state index in [1.54, 1.807) is 23.1 Å². The van der Waals surface area contributed by atoms with Gasteiger partial charge in [0.15, 0.2) is 0 Å². The number of hydrogen-bond acceptors (Lipinski definition) is 5. The summed E-state index contributed by atoms with van der Waals surface area (Å²) in [5, 5.41) is 2.21. The van der Waals surface area contributed by atoms with E-state index in [1.807, 2.05) is 24.3 Å². The minimum atomic E-state index is -3.96. The number of anilines is 1. The van der Waals surface area contributed by atoms with Crippen molar-refractivity contribution in [3.63, 3.8) is 0 Å². The van der Waals surface area contributed by atoms with Crippen LogP contribution in [-0.4, -0.2) is 49.1 Å². The molecule has 2 aromatic rings. The van der Waals surface area contributed by atoms with Crippen LogP contribution in [0.2, 0.25) is 0 Å². The van der Waals surface area contributed by atoms with Crippen molar-refractivity contribution < 1.29 is 17.5 Å². The number of halogens is 1. The molecule has 31 heavy (non-hydrogen) atoms. The molecule has 0 fully saturated rings. The minimum absolute atomic E-state index is 0.214. The molecule has 1 unspecified atom stereocenters. The fourth-order valence-electron chi connectivity index (χ4n) is 3.33. The Labute approximate surface area is 206 Å². The van der Waals surface area contributed by atoms with Crippen molar-refractivity contribution in [2.75, 3.05) is 17.2 Å². The van der Waals surface area contributed by atoms with E-state index in [4.69, 9.17) is 16.2 Å². The summed E-state index contributed by atoms with van der Waals surface area (Å²) in [6.45, 7) is 2.61. The molecule has 0 saturated carbocycles. The van der Waals surface area contributed by atoms with Gasteiger partial charge in [-0.25, -0.2) is 0 Å². The second kappa shape index (κ2) is 9.22. The summed E-state index contributed by atoms with van der Waals surface area (Å²) >= 11 is 9.50. The van der Waals surface area contributed by atoms with Crippen LogP contribution in [0.25, 0.3) is 12.2 Å². The number of hydrogen-bond donors (Lipinski definition) is 1. The topological polar surface area (TPSA) is 61.5 Å². The average Bonchev–Trinajstić information content (AvgIpc) is 3.18. The zero-order valence-corrected chi connectivity index (χ0v) is 22.5. The first-order valence-corrected chi connectivity index (χ1v) is 15.6. The SMILES string of the molecule is C[n+]1c(C=CC=C2Sc3ccccc3N2CCCS(=O)(=O)O)sc2c1[Te]C(C)(Cl)C=C2. The normalized spacial score (nSPS) is 21.8. The molecule has 2 aliphatic rings. The maximum atomic E-state index is 11.1. The zero-order chi connectivity index (χ0) is 22.2. The van der Waals surface area contributed by atoms with Crippen LogP contribution in [-0.2, 0) is 17.2 Å². The Balaban J connectivity index is 1.54. The summed E-state index contributed by atoms with van der Waals surface area (Å²) in [6, 6.07) is 8.08. The third-order valence-corrected chi connectivity index (χ3v) is 12.4. The number of rotatable bonds is 6. The number of benzene rings is 1. The van der Waals surface area contributed by atoms with Gasteiger partial charge in [-0.3, -0.25) is 4.55 Å². The summed E-state index contributed by atoms with van der Waals surface area (Å²) in [4.78, 5) is 4.55. The monoisotopic (exact) mass is 611 g/mol. The Morgan fingerprint density at radius 1 is 1.35 bits per heavy atom. The van der Waals surface area contributed by atoms with Crippen molar-refractivity contribution in [1.29, 1.82) is 0 Å². The fourth-order valence-corrected chi connectivity index (χ4v) is 9.88. The van der Waals surface area contributed by atoms with Gasteiger partial charge in [0.2, 0.25) is 0 Å². The molecule has 0 spiro atoms. The van der Waals surface area contributed by atoms with Gasteiger partial charge in [-0.15, -0.1) is 0 Å². The Morgan fingerprint density at radius 3 is 2.90 bits per heavy atom. The van der Waals surface area contributed by atoms with Gasteiger partial charge < -0.3 is 0 Å². The summed E-state index contributed by atoms with van der Waals surface area (Å²) in [6.07, 6.45) is 10.8. The van der Waals surface area contributed by atoms with Crippen molar-refractivity contribution in [2.24, 2.45) is 7.05 Å². The van der Waals surface area contributed by atoms with E-state index in [2.05, 4.69) is 53.8 Å². The fraction of sp³-hybridized carbons (Fsp3) is 0.286. The first-order valence-electron chi connectivity index (χ1n) is 9.61. The van der Waals surface area contributed by atoms with E-state index in [0.717, 1.165) is 15.6 Å². The first kappa shape index (κ1) is 23.4. The number of alkyl halides is 1. The molecular formula is C21H22ClN2O3S3Te+. The van der Waals surface area contributed by atoms with E-state index in [9.17, 15) is 8.42 Å². The number of thiazole rings is 1. The zero-order valence-electron chi connectivity index (χ0n) is 17.0. The van der Waals surface area contributed by atoms with Crippen LogP contribution in [0.4, 0.5) is 5.69 Å². The number of para-hydroxylation sites is 1. The second-order valence-electron chi connectivity index (χ2n) is 7.32. The van der Waals surface area contributed by atoms with E-state index in [0.29, 0.717) is 13.0 Å². The van der Waals surface area contributed by atoms with Crippen LogP contribution in [0.15, 0.2) is 52.4 Å². The van der Waals surface area contributed by atoms with Gasteiger partial charge >= 0.3 is 195 Å². The molecule has 164 valence electrons. The molecule has 0 aliphatic carbocycles. The van der Waals surface area contributed by atoms with E-state index in [1.165, 1.54) is 13.6 Å². The van der Waals surface area contributed by atoms with E-state index < -0.39 is 31.0 Å². The van der Waals surface area contributed by atoms with Crippen LogP contribution in [0.5, 0.6) is 0 Å². The van der Waals surface area contributed by atoms with Gasteiger partial charge in [-0.05, 0) is 0 Å². The summed E-state index contributed by atoms with van der Waals surface area (Å²) in [7, 11) is -1.86. The van der Waals surface area contributed by atoms with Crippen LogP contribution < -0.4 is 13.2 Å². The molecule has 1 aromatic carbocycles. The number of nitrogens with zero attached hydrogens (tertiary/aromatic N) is 2. The predicted octanol–water partition coefficient (Wildman–Crippen LogP) is 3.63. The third-order valence-electron chi connectivity index (χ3n) is 4.79. The molecule has 5 nitrogen and oxygen atoms in total. The van der Waals surface area contributed by atoms with Crippen LogP contribution in [0.3, 0.4) is 0 Å². The maximum absolute atomic E-state index is 11.1. The Bertz CT molecular complexity index is 1200. The summed E-state index contributed by atoms with van der Waals surface area (Å²) in [5.41, 5.74) is 1.07. The number of thioether (sulfide) groups is 1. The number of fused-ring (bicyclic) bond motifs is 2. The van der Waals surface area contributed by atoms with Crippen molar-refractivity contribution in [1.82, 2.24) is 0 Å². The average molecular weight is 610 g/mol. The third kappa shape index (κ3) is 5.59. The second-order valence-corrected chi connectivity index (χ2v) is 16.6. The molecule has 1 atom stereocenters. The van der Waals surface area contributed by atoms with E-state index >= 15 is 0 Å². The molecule has 10 heteroatoms. The van der Waals surface area contributed by atoms with E-state index in [-0.39, 0.29) is 8.67 Å². The molecule has 1 N–H and O–H groups in total. The molecule has 2 aliphatic heterocycles. The van der Waals surface area contributed by atoms with Gasteiger partial charge in [-0.1, -0.05) is 0 Å². The molecule has 0 amide bonds. The van der Waals surface area contributed by atoms with Gasteiger partial charge in [0.1, 0.15) is 0 Å². The molecule has 1 aromatic heterocycles. The van der Waals surface area contributed by atoms with Crippen LogP contribution in [0.1, 0.15) is 23.2 Å². The van der Waals surface area contributed by atoms with Gasteiger partial charge in [-0.2, -0.15) is 8.42 Å². The van der Waals surface area contributed by atoms with Crippen LogP contribution >= 0.6 is 34.7 Å². The van der Waals surface area contributed by atoms with Gasteiger partial charge in [0.25, 0.3) is 0 Å². The van der Waals surface area contributed by atoms with Crippen LogP contribution in [0, 0.1) is 0 Å². The Kier molecular flexibility index (Phi) is 6.95. The van der Waals surface area contributed by atoms with Crippen molar-refractivity contribution in [3.05, 3.63) is 57.4 Å². The molecular weight excluding hydrogens is 587 g/mol. The molecule has 4 rings (SSSR count). The Hall–Kier alpha value is -0.790. The molecule has 0 saturated heterocycles. The number of allylic oxidation sites excluding steroid dienone is 3. The first-order chi connectivity index (χ1) is 14.6. The molecule has 0 bridgehead atoms. The van der Waals surface area contributed by atoms with Crippen molar-refractivity contribution in [3.8, 4) is 0 Å². The van der Waals surface area contributed by atoms with Crippen molar-refractivity contribution in [2.45, 2.75) is 21.2 Å². The molecule has 0 radical (unpaired) electrons. The van der Waals surface area contributed by atoms with Gasteiger partial charge in [0.05, 0.1) is 0 Å². The van der Waals surface area contributed by atoms with Gasteiger partial charge in [0, 0.05) is 0 Å². The Morgan fingerprint density at radius 2 is 2.13 bits per heavy atom. The summed E-state index contributed by atoms with van der Waals surface area (Å²) in [5.74, 6) is -0.243. The standard InChI is InChI=1S/C21H21ClN2O3S3Te/c1-21(22)12-11-17-20(31-21)23(2)18(29-17)9-5-10-19-24(13-6-14-30(25,26)27)15-7-3-4-8-16(15)28-19/h3-5,7-12H,6,13-14H2,1-2H3/p+1. The quantitative estimate of drug-likeness (QED) is 0.235. The summed E-state index contributed by atoms with van der Waals surface area (Å²) < 4.78 is 34.7. The predicted molar refractivity (Wildman–Crippen MR) is 132 cm³/mol. The number of aromatic nitrogens is 1. The molecule has 3 heterocycles.